The van der Waals surface area contributed by atoms with E-state index in [1.807, 2.05) is 0 Å². The fourth-order valence-corrected chi connectivity index (χ4v) is 0. The van der Waals surface area contributed by atoms with Crippen molar-refractivity contribution in [2.45, 2.75) is 0 Å². The zero-order valence-corrected chi connectivity index (χ0v) is 10.7. The second kappa shape index (κ2) is 545. The van der Waals surface area contributed by atoms with Crippen molar-refractivity contribution in [2.24, 2.45) is 0 Å². The van der Waals surface area contributed by atoms with Gasteiger partial charge in [0, 0.05) is 69.4 Å². The molecule has 16 N–H and O–H groups in total. The molecule has 0 fully saturated rings. The minimum atomic E-state index is 0. The largest absolute Gasteiger partial charge is 0.412 e. The molecule has 0 bridgehead atoms. The molecule has 12 heavy (non-hydrogen) atoms. The van der Waals surface area contributed by atoms with Gasteiger partial charge in [0.05, 0.1) is 0 Å². The molecule has 0 rings (SSSR count). The average molecular weight is 352 g/mol. The van der Waals surface area contributed by atoms with E-state index < -0.39 is 0 Å². The Labute approximate surface area is 113 Å². The van der Waals surface area contributed by atoms with Gasteiger partial charge in [-0.3, -0.25) is 0 Å². The van der Waals surface area contributed by atoms with E-state index in [4.69, 9.17) is 0 Å². The van der Waals surface area contributed by atoms with Crippen molar-refractivity contribution < 1.29 is 113 Å². The fraction of sp³-hybridized carbons (Fsp3) is 0. The summed E-state index contributed by atoms with van der Waals surface area (Å²) in [5.74, 6) is 0. The molecule has 8 nitrogen and oxygen atoms in total. The Balaban J connectivity index is 0. The van der Waals surface area contributed by atoms with Gasteiger partial charge < -0.3 is 43.8 Å². The maximum Gasteiger partial charge on any atom is 0 e. The fourth-order valence-electron chi connectivity index (χ4n) is 0. The van der Waals surface area contributed by atoms with Gasteiger partial charge in [-0.15, -0.1) is 0 Å². The predicted octanol–water partition coefficient (Wildman–Crippen LogP) is -6.61. The van der Waals surface area contributed by atoms with Crippen LogP contribution in [0.4, 0.5) is 0 Å². The molecule has 0 aliphatic rings. The first-order chi connectivity index (χ1) is 0. The first-order valence-corrected chi connectivity index (χ1v) is 0. The van der Waals surface area contributed by atoms with Gasteiger partial charge in [-0.05, 0) is 0 Å². The monoisotopic (exact) mass is 352 g/mol. The summed E-state index contributed by atoms with van der Waals surface area (Å²) in [7, 11) is 0. The number of hydrogen-bond acceptors (Lipinski definition) is 0. The summed E-state index contributed by atoms with van der Waals surface area (Å²) in [6.45, 7) is 0. The maximum absolute atomic E-state index is 0. The Bertz CT molecular complexity index is 11.0. The van der Waals surface area contributed by atoms with Gasteiger partial charge in [0.1, 0.15) is 0 Å². The summed E-state index contributed by atoms with van der Waals surface area (Å²) in [5.41, 5.74) is 0. The smallest absolute Gasteiger partial charge is 0 e. The van der Waals surface area contributed by atoms with E-state index in [1.165, 1.54) is 0 Å². The molecule has 0 spiro atoms. The van der Waals surface area contributed by atoms with Crippen molar-refractivity contribution in [3.63, 3.8) is 0 Å². The summed E-state index contributed by atoms with van der Waals surface area (Å²) in [5, 5.41) is 0. The zero-order valence-electron chi connectivity index (χ0n) is 5.63. The first-order valence-electron chi connectivity index (χ1n) is 0. The van der Waals surface area contributed by atoms with Gasteiger partial charge >= 0.3 is 0 Å². The Hall–Kier alpha value is 1.81. The summed E-state index contributed by atoms with van der Waals surface area (Å²) in [4.78, 5) is 0. The molecule has 0 amide bonds. The summed E-state index contributed by atoms with van der Waals surface area (Å²) in [6, 6.07) is 0. The molecule has 12 heteroatoms. The third kappa shape index (κ3) is 421. The Morgan fingerprint density at radius 1 is 0.167 bits per heavy atom. The van der Waals surface area contributed by atoms with Crippen molar-refractivity contribution in [3.05, 3.63) is 0 Å². The van der Waals surface area contributed by atoms with Crippen LogP contribution in [0.3, 0.4) is 0 Å². The van der Waals surface area contributed by atoms with E-state index in [2.05, 4.69) is 0 Å². The number of rotatable bonds is 0. The van der Waals surface area contributed by atoms with Crippen LogP contribution in [0.5, 0.6) is 0 Å². The van der Waals surface area contributed by atoms with Crippen molar-refractivity contribution in [1.29, 1.82) is 0 Å². The molecule has 0 aromatic carbocycles. The molecule has 0 atom stereocenters. The van der Waals surface area contributed by atoms with E-state index >= 15 is 0 Å². The molecule has 0 heterocycles. The van der Waals surface area contributed by atoms with Gasteiger partial charge in [-0.25, -0.2) is 0 Å². The van der Waals surface area contributed by atoms with Crippen LogP contribution in [-0.2, 0) is 69.4 Å². The Kier molecular flexibility index (Phi) is 31400. The van der Waals surface area contributed by atoms with Gasteiger partial charge in [-0.2, -0.15) is 0 Å². The van der Waals surface area contributed by atoms with E-state index in [0.717, 1.165) is 0 Å². The van der Waals surface area contributed by atoms with Crippen LogP contribution < -0.4 is 0 Å². The molecule has 0 aromatic rings. The van der Waals surface area contributed by atoms with Gasteiger partial charge in [-0.1, -0.05) is 0 Å². The van der Waals surface area contributed by atoms with Crippen LogP contribution in [0.1, 0.15) is 0 Å². The van der Waals surface area contributed by atoms with Crippen molar-refractivity contribution >= 4 is 0 Å². The van der Waals surface area contributed by atoms with E-state index in [1.54, 1.807) is 0 Å². The normalized spacial score (nSPS) is 0. The van der Waals surface area contributed by atoms with Gasteiger partial charge in [0.25, 0.3) is 0 Å². The SMILES string of the molecule is O.O.O.O.O.O.O.O.[Cr].[Cr].[Cr].[Cr]. The molecule has 0 saturated heterocycles. The van der Waals surface area contributed by atoms with Crippen LogP contribution in [0, 0.1) is 0 Å². The standard InChI is InChI=1S/4Cr.8H2O/h;;;;8*1H2. The van der Waals surface area contributed by atoms with Gasteiger partial charge in [0.2, 0.25) is 0 Å². The van der Waals surface area contributed by atoms with E-state index in [-0.39, 0.29) is 113 Å². The van der Waals surface area contributed by atoms with Crippen molar-refractivity contribution in [2.75, 3.05) is 0 Å². The third-order valence-electron chi connectivity index (χ3n) is 0. The van der Waals surface area contributed by atoms with E-state index in [0.29, 0.717) is 0 Å². The Morgan fingerprint density at radius 3 is 0.167 bits per heavy atom. The molecule has 0 aromatic heterocycles. The van der Waals surface area contributed by atoms with E-state index in [9.17, 15) is 0 Å². The second-order valence-electron chi connectivity index (χ2n) is 0. The minimum absolute atomic E-state index is 0. The van der Waals surface area contributed by atoms with Crippen LogP contribution >= 0.6 is 0 Å². The summed E-state index contributed by atoms with van der Waals surface area (Å²) < 4.78 is 0. The molecule has 88 valence electrons. The molecule has 0 radical (unpaired) electrons. The molecular formula is H16Cr4O8. The summed E-state index contributed by atoms with van der Waals surface area (Å²) in [6.07, 6.45) is 0. The second-order valence-corrected chi connectivity index (χ2v) is 0. The van der Waals surface area contributed by atoms with Crippen LogP contribution in [-0.4, -0.2) is 43.8 Å². The number of hydrogen-bond donors (Lipinski definition) is 0. The van der Waals surface area contributed by atoms with Crippen molar-refractivity contribution in [3.8, 4) is 0 Å². The average Bonchev–Trinajstić information content (AvgIpc) is 0. The van der Waals surface area contributed by atoms with Crippen molar-refractivity contribution in [1.82, 2.24) is 0 Å². The quantitative estimate of drug-likeness (QED) is 0.394. The third-order valence-corrected chi connectivity index (χ3v) is 0. The topological polar surface area (TPSA) is 252 Å². The van der Waals surface area contributed by atoms with Gasteiger partial charge in [0.15, 0.2) is 0 Å². The molecular weight excluding hydrogens is 336 g/mol. The van der Waals surface area contributed by atoms with Crippen LogP contribution in [0.25, 0.3) is 0 Å². The molecule has 0 aliphatic heterocycles. The molecule has 0 unspecified atom stereocenters. The van der Waals surface area contributed by atoms with Crippen LogP contribution in [0.2, 0.25) is 0 Å². The predicted molar refractivity (Wildman–Crippen MR) is 28.9 cm³/mol. The Morgan fingerprint density at radius 2 is 0.167 bits per heavy atom. The minimum Gasteiger partial charge on any atom is -0.412 e. The first kappa shape index (κ1) is 692. The maximum atomic E-state index is 0. The molecule has 0 aliphatic carbocycles. The van der Waals surface area contributed by atoms with Crippen LogP contribution in [0.15, 0.2) is 0 Å². The zero-order chi connectivity index (χ0) is 0. The molecule has 0 saturated carbocycles. The summed E-state index contributed by atoms with van der Waals surface area (Å²) >= 11 is 0.